The summed E-state index contributed by atoms with van der Waals surface area (Å²) in [6, 6.07) is 3.08. The monoisotopic (exact) mass is 220 g/mol. The van der Waals surface area contributed by atoms with E-state index in [-0.39, 0.29) is 5.56 Å². The van der Waals surface area contributed by atoms with Crippen molar-refractivity contribution in [2.24, 2.45) is 0 Å². The van der Waals surface area contributed by atoms with Gasteiger partial charge in [-0.1, -0.05) is 0 Å². The van der Waals surface area contributed by atoms with Gasteiger partial charge >= 0.3 is 0 Å². The van der Waals surface area contributed by atoms with Gasteiger partial charge in [-0.25, -0.2) is 0 Å². The maximum atomic E-state index is 11.3. The molecule has 88 valence electrons. The topological polar surface area (TPSA) is 36.1 Å². The van der Waals surface area contributed by atoms with Crippen molar-refractivity contribution in [3.63, 3.8) is 0 Å². The van der Waals surface area contributed by atoms with Crippen LogP contribution in [0.3, 0.4) is 0 Å². The number of hydrogen-bond donors (Lipinski definition) is 1. The fourth-order valence-electron chi connectivity index (χ4n) is 2.58. The molecule has 0 aliphatic carbocycles. The third-order valence-corrected chi connectivity index (χ3v) is 3.45. The lowest BCUT2D eigenvalue weighted by Gasteiger charge is -2.28. The number of aromatic amines is 1. The van der Waals surface area contributed by atoms with Crippen molar-refractivity contribution in [3.05, 3.63) is 33.7 Å². The summed E-state index contributed by atoms with van der Waals surface area (Å²) < 4.78 is 0. The molecule has 0 radical (unpaired) electrons. The number of aryl methyl sites for hydroxylation is 1. The molecule has 1 saturated heterocycles. The molecule has 0 spiro atoms. The van der Waals surface area contributed by atoms with Gasteiger partial charge in [0.1, 0.15) is 0 Å². The standard InChI is InChI=1S/C13H20N2O/c1-9(2)15-6-4-5-12(15)11-7-10(3)13(16)14-8-11/h7-9,12H,4-6H2,1-3H3,(H,14,16)/t12-/m1/s1. The summed E-state index contributed by atoms with van der Waals surface area (Å²) in [5.41, 5.74) is 2.09. The molecule has 1 aromatic heterocycles. The molecule has 2 heterocycles. The molecular formula is C13H20N2O. The van der Waals surface area contributed by atoms with Gasteiger partial charge in [0.2, 0.25) is 0 Å². The highest BCUT2D eigenvalue weighted by Crippen LogP contribution is 2.32. The van der Waals surface area contributed by atoms with Gasteiger partial charge in [0.15, 0.2) is 0 Å². The van der Waals surface area contributed by atoms with Gasteiger partial charge in [-0.05, 0) is 51.8 Å². The zero-order valence-corrected chi connectivity index (χ0v) is 10.3. The molecule has 1 N–H and O–H groups in total. The average molecular weight is 220 g/mol. The van der Waals surface area contributed by atoms with E-state index in [1.807, 2.05) is 19.2 Å². The van der Waals surface area contributed by atoms with Crippen LogP contribution in [0.15, 0.2) is 17.1 Å². The molecule has 0 bridgehead atoms. The number of hydrogen-bond acceptors (Lipinski definition) is 2. The van der Waals surface area contributed by atoms with Crippen molar-refractivity contribution < 1.29 is 0 Å². The van der Waals surface area contributed by atoms with Crippen LogP contribution in [-0.2, 0) is 0 Å². The lowest BCUT2D eigenvalue weighted by Crippen LogP contribution is -2.30. The van der Waals surface area contributed by atoms with E-state index >= 15 is 0 Å². The fraction of sp³-hybridized carbons (Fsp3) is 0.615. The van der Waals surface area contributed by atoms with E-state index in [4.69, 9.17) is 0 Å². The van der Waals surface area contributed by atoms with E-state index in [1.165, 1.54) is 24.9 Å². The minimum absolute atomic E-state index is 0.0258. The van der Waals surface area contributed by atoms with Crippen molar-refractivity contribution in [2.45, 2.75) is 45.7 Å². The number of nitrogens with zero attached hydrogens (tertiary/aromatic N) is 1. The van der Waals surface area contributed by atoms with Gasteiger partial charge < -0.3 is 4.98 Å². The lowest BCUT2D eigenvalue weighted by atomic mass is 10.0. The Hall–Kier alpha value is -1.09. The van der Waals surface area contributed by atoms with E-state index in [1.54, 1.807) is 0 Å². The second-order valence-corrected chi connectivity index (χ2v) is 4.93. The maximum Gasteiger partial charge on any atom is 0.250 e. The van der Waals surface area contributed by atoms with Crippen LogP contribution in [0.5, 0.6) is 0 Å². The Labute approximate surface area is 96.5 Å². The van der Waals surface area contributed by atoms with Crippen LogP contribution in [0.4, 0.5) is 0 Å². The van der Waals surface area contributed by atoms with Gasteiger partial charge in [0, 0.05) is 23.8 Å². The van der Waals surface area contributed by atoms with E-state index in [0.717, 1.165) is 5.56 Å². The number of aromatic nitrogens is 1. The zero-order valence-electron chi connectivity index (χ0n) is 10.3. The average Bonchev–Trinajstić information content (AvgIpc) is 2.71. The fourth-order valence-corrected chi connectivity index (χ4v) is 2.58. The number of rotatable bonds is 2. The Morgan fingerprint density at radius 1 is 1.50 bits per heavy atom. The van der Waals surface area contributed by atoms with Crippen LogP contribution in [0.25, 0.3) is 0 Å². The summed E-state index contributed by atoms with van der Waals surface area (Å²) in [7, 11) is 0. The highest BCUT2D eigenvalue weighted by atomic mass is 16.1. The van der Waals surface area contributed by atoms with Gasteiger partial charge in [-0.3, -0.25) is 9.69 Å². The van der Waals surface area contributed by atoms with Gasteiger partial charge in [-0.15, -0.1) is 0 Å². The number of nitrogens with one attached hydrogen (secondary N) is 1. The predicted octanol–water partition coefficient (Wildman–Crippen LogP) is 2.23. The normalized spacial score (nSPS) is 21.9. The highest BCUT2D eigenvalue weighted by molar-refractivity contribution is 5.21. The minimum atomic E-state index is 0.0258. The summed E-state index contributed by atoms with van der Waals surface area (Å²) >= 11 is 0. The Morgan fingerprint density at radius 2 is 2.25 bits per heavy atom. The molecule has 3 nitrogen and oxygen atoms in total. The van der Waals surface area contributed by atoms with Crippen molar-refractivity contribution in [3.8, 4) is 0 Å². The van der Waals surface area contributed by atoms with Gasteiger partial charge in [-0.2, -0.15) is 0 Å². The van der Waals surface area contributed by atoms with Crippen LogP contribution in [0, 0.1) is 6.92 Å². The minimum Gasteiger partial charge on any atom is -0.329 e. The predicted molar refractivity (Wildman–Crippen MR) is 65.6 cm³/mol. The molecule has 0 amide bonds. The molecule has 1 atom stereocenters. The number of likely N-dealkylation sites (tertiary alicyclic amines) is 1. The summed E-state index contributed by atoms with van der Waals surface area (Å²) in [5.74, 6) is 0. The molecular weight excluding hydrogens is 200 g/mol. The zero-order chi connectivity index (χ0) is 11.7. The molecule has 1 aliphatic heterocycles. The van der Waals surface area contributed by atoms with Gasteiger partial charge in [0.05, 0.1) is 0 Å². The third-order valence-electron chi connectivity index (χ3n) is 3.45. The van der Waals surface area contributed by atoms with Gasteiger partial charge in [0.25, 0.3) is 5.56 Å². The first-order chi connectivity index (χ1) is 7.59. The van der Waals surface area contributed by atoms with E-state index in [0.29, 0.717) is 12.1 Å². The van der Waals surface area contributed by atoms with Crippen LogP contribution < -0.4 is 5.56 Å². The quantitative estimate of drug-likeness (QED) is 0.829. The first kappa shape index (κ1) is 11.4. The van der Waals surface area contributed by atoms with Crippen LogP contribution in [-0.4, -0.2) is 22.5 Å². The first-order valence-electron chi connectivity index (χ1n) is 6.04. The number of H-pyrrole nitrogens is 1. The smallest absolute Gasteiger partial charge is 0.250 e. The van der Waals surface area contributed by atoms with Crippen molar-refractivity contribution in [2.75, 3.05) is 6.54 Å². The second kappa shape index (κ2) is 4.42. The van der Waals surface area contributed by atoms with Crippen LogP contribution in [0.1, 0.15) is 43.9 Å². The molecule has 16 heavy (non-hydrogen) atoms. The molecule has 1 aromatic rings. The lowest BCUT2D eigenvalue weighted by molar-refractivity contribution is 0.205. The summed E-state index contributed by atoms with van der Waals surface area (Å²) in [6.45, 7) is 7.51. The Morgan fingerprint density at radius 3 is 2.88 bits per heavy atom. The van der Waals surface area contributed by atoms with E-state index in [2.05, 4.69) is 23.7 Å². The van der Waals surface area contributed by atoms with Crippen LogP contribution in [0.2, 0.25) is 0 Å². The molecule has 3 heteroatoms. The molecule has 1 aliphatic rings. The highest BCUT2D eigenvalue weighted by Gasteiger charge is 2.27. The van der Waals surface area contributed by atoms with E-state index in [9.17, 15) is 4.79 Å². The molecule has 2 rings (SSSR count). The molecule has 1 fully saturated rings. The van der Waals surface area contributed by atoms with Crippen LogP contribution >= 0.6 is 0 Å². The SMILES string of the molecule is Cc1cc([C@H]2CCCN2C(C)C)c[nH]c1=O. The summed E-state index contributed by atoms with van der Waals surface area (Å²) in [4.78, 5) is 16.7. The van der Waals surface area contributed by atoms with Crippen molar-refractivity contribution >= 4 is 0 Å². The van der Waals surface area contributed by atoms with Crippen molar-refractivity contribution in [1.82, 2.24) is 9.88 Å². The Kier molecular flexibility index (Phi) is 3.15. The Balaban J connectivity index is 2.29. The van der Waals surface area contributed by atoms with E-state index < -0.39 is 0 Å². The molecule has 0 aromatic carbocycles. The summed E-state index contributed by atoms with van der Waals surface area (Å²) in [5, 5.41) is 0. The van der Waals surface area contributed by atoms with Crippen molar-refractivity contribution in [1.29, 1.82) is 0 Å². The first-order valence-corrected chi connectivity index (χ1v) is 6.04. The Bertz CT molecular complexity index is 422. The molecule has 0 unspecified atom stereocenters. The summed E-state index contributed by atoms with van der Waals surface area (Å²) in [6.07, 6.45) is 4.32. The third kappa shape index (κ3) is 2.05. The largest absolute Gasteiger partial charge is 0.329 e. The maximum absolute atomic E-state index is 11.3. The number of pyridine rings is 1. The molecule has 0 saturated carbocycles. The second-order valence-electron chi connectivity index (χ2n) is 4.93.